The summed E-state index contributed by atoms with van der Waals surface area (Å²) in [4.78, 5) is 11.2. The van der Waals surface area contributed by atoms with Crippen LogP contribution in [0.2, 0.25) is 0 Å². The van der Waals surface area contributed by atoms with E-state index in [1.807, 2.05) is 6.08 Å². The van der Waals surface area contributed by atoms with Crippen LogP contribution in [0.4, 0.5) is 0 Å². The molecular weight excluding hydrogens is 124 g/mol. The maximum Gasteiger partial charge on any atom is 0.136 e. The lowest BCUT2D eigenvalue weighted by atomic mass is 10.00. The molecule has 0 unspecified atom stereocenters. The highest BCUT2D eigenvalue weighted by atomic mass is 16.1. The van der Waals surface area contributed by atoms with Crippen molar-refractivity contribution in [1.29, 1.82) is 0 Å². The third kappa shape index (κ3) is 0.664. The first kappa shape index (κ1) is 6.14. The number of rotatable bonds is 1. The van der Waals surface area contributed by atoms with E-state index in [2.05, 4.69) is 6.58 Å². The molecule has 54 valence electrons. The molecule has 0 bridgehead atoms. The molecule has 10 heavy (non-hydrogen) atoms. The van der Waals surface area contributed by atoms with E-state index in [1.54, 1.807) is 0 Å². The number of Topliss-reactive ketones (excluding diaryl/α,β-unsaturated/α-hetero) is 1. The predicted octanol–water partition coefficient (Wildman–Crippen LogP) is 1.79. The molecule has 0 amide bonds. The zero-order chi connectivity index (χ0) is 7.14. The number of fused-ring (bicyclic) bond motifs is 1. The normalized spacial score (nSPS) is 44.4. The molecule has 0 saturated heterocycles. The van der Waals surface area contributed by atoms with E-state index in [-0.39, 0.29) is 0 Å². The van der Waals surface area contributed by atoms with Crippen molar-refractivity contribution < 1.29 is 4.79 Å². The summed E-state index contributed by atoms with van der Waals surface area (Å²) in [5.74, 6) is 2.13. The Bertz CT molecular complexity index is 183. The quantitative estimate of drug-likeness (QED) is 0.502. The van der Waals surface area contributed by atoms with Gasteiger partial charge in [0.1, 0.15) is 5.78 Å². The van der Waals surface area contributed by atoms with Crippen LogP contribution >= 0.6 is 0 Å². The smallest absolute Gasteiger partial charge is 0.136 e. The Labute approximate surface area is 61.1 Å². The lowest BCUT2D eigenvalue weighted by Crippen LogP contribution is -2.07. The van der Waals surface area contributed by atoms with Gasteiger partial charge in [-0.15, -0.1) is 6.58 Å². The third-order valence-electron chi connectivity index (χ3n) is 2.83. The molecule has 2 saturated carbocycles. The molecule has 0 spiro atoms. The molecule has 2 fully saturated rings. The van der Waals surface area contributed by atoms with Crippen LogP contribution < -0.4 is 0 Å². The van der Waals surface area contributed by atoms with Gasteiger partial charge in [0, 0.05) is 12.3 Å². The summed E-state index contributed by atoms with van der Waals surface area (Å²) in [6.45, 7) is 3.73. The van der Waals surface area contributed by atoms with Gasteiger partial charge < -0.3 is 0 Å². The lowest BCUT2D eigenvalue weighted by molar-refractivity contribution is -0.121. The monoisotopic (exact) mass is 136 g/mol. The number of carbonyl (C=O) groups is 1. The lowest BCUT2D eigenvalue weighted by Gasteiger charge is -2.04. The average molecular weight is 136 g/mol. The van der Waals surface area contributed by atoms with Crippen LogP contribution in [0.15, 0.2) is 12.7 Å². The van der Waals surface area contributed by atoms with E-state index in [9.17, 15) is 4.79 Å². The van der Waals surface area contributed by atoms with Gasteiger partial charge in [0.25, 0.3) is 0 Å². The van der Waals surface area contributed by atoms with E-state index in [1.165, 1.54) is 6.42 Å². The first-order valence-electron chi connectivity index (χ1n) is 4.00. The van der Waals surface area contributed by atoms with Crippen molar-refractivity contribution in [2.45, 2.75) is 19.3 Å². The summed E-state index contributed by atoms with van der Waals surface area (Å²) in [6.07, 6.45) is 5.15. The maximum absolute atomic E-state index is 11.2. The fraction of sp³-hybridized carbons (Fsp3) is 0.667. The molecule has 0 radical (unpaired) electrons. The molecule has 3 atom stereocenters. The number of hydrogen-bond donors (Lipinski definition) is 0. The summed E-state index contributed by atoms with van der Waals surface area (Å²) in [7, 11) is 0. The van der Waals surface area contributed by atoms with E-state index < -0.39 is 0 Å². The predicted molar refractivity (Wildman–Crippen MR) is 39.5 cm³/mol. The van der Waals surface area contributed by atoms with Gasteiger partial charge in [-0.2, -0.15) is 0 Å². The molecule has 0 aliphatic heterocycles. The zero-order valence-electron chi connectivity index (χ0n) is 6.05. The van der Waals surface area contributed by atoms with Crippen molar-refractivity contribution in [3.05, 3.63) is 12.7 Å². The van der Waals surface area contributed by atoms with Crippen LogP contribution in [-0.4, -0.2) is 5.78 Å². The Kier molecular flexibility index (Phi) is 1.19. The minimum absolute atomic E-state index is 0.395. The number of ketones is 1. The van der Waals surface area contributed by atoms with Gasteiger partial charge in [0.05, 0.1) is 0 Å². The molecule has 2 rings (SSSR count). The van der Waals surface area contributed by atoms with Crippen molar-refractivity contribution >= 4 is 5.78 Å². The van der Waals surface area contributed by atoms with Crippen LogP contribution in [0.1, 0.15) is 19.3 Å². The Balaban J connectivity index is 2.10. The average Bonchev–Trinajstić information content (AvgIpc) is 2.63. The molecule has 0 N–H and O–H groups in total. The van der Waals surface area contributed by atoms with E-state index >= 15 is 0 Å². The fourth-order valence-corrected chi connectivity index (χ4v) is 2.23. The van der Waals surface area contributed by atoms with Gasteiger partial charge >= 0.3 is 0 Å². The number of carbonyl (C=O) groups excluding carboxylic acids is 1. The van der Waals surface area contributed by atoms with Crippen LogP contribution in [0.3, 0.4) is 0 Å². The largest absolute Gasteiger partial charge is 0.299 e. The van der Waals surface area contributed by atoms with Crippen LogP contribution in [-0.2, 0) is 4.79 Å². The van der Waals surface area contributed by atoms with Crippen molar-refractivity contribution in [2.24, 2.45) is 17.8 Å². The van der Waals surface area contributed by atoms with Gasteiger partial charge in [0.2, 0.25) is 0 Å². The number of allylic oxidation sites excluding steroid dienone is 1. The van der Waals surface area contributed by atoms with Crippen LogP contribution in [0, 0.1) is 17.8 Å². The molecule has 0 heterocycles. The topological polar surface area (TPSA) is 17.1 Å². The minimum atomic E-state index is 0.395. The summed E-state index contributed by atoms with van der Waals surface area (Å²) in [5, 5.41) is 0. The highest BCUT2D eigenvalue weighted by molar-refractivity contribution is 5.85. The molecule has 0 aromatic heterocycles. The minimum Gasteiger partial charge on any atom is -0.299 e. The standard InChI is InChI=1S/C9H12O/c1-2-6-7-4-3-5-8(10)9(6)7/h2,6-7,9H,1,3-5H2/t6-,7-,9+/m0/s1. The molecular formula is C9H12O. The van der Waals surface area contributed by atoms with Crippen LogP contribution in [0.25, 0.3) is 0 Å². The number of hydrogen-bond acceptors (Lipinski definition) is 1. The van der Waals surface area contributed by atoms with Gasteiger partial charge in [-0.3, -0.25) is 4.79 Å². The van der Waals surface area contributed by atoms with E-state index in [0.29, 0.717) is 23.5 Å². The summed E-state index contributed by atoms with van der Waals surface area (Å²) in [6, 6.07) is 0. The zero-order valence-corrected chi connectivity index (χ0v) is 6.05. The second-order valence-electron chi connectivity index (χ2n) is 3.36. The van der Waals surface area contributed by atoms with E-state index in [0.717, 1.165) is 12.8 Å². The first-order chi connectivity index (χ1) is 4.84. The second-order valence-corrected chi connectivity index (χ2v) is 3.36. The SMILES string of the molecule is C=C[C@H]1[C@@H]2CCCC(=O)[C@H]12. The van der Waals surface area contributed by atoms with Gasteiger partial charge in [0.15, 0.2) is 0 Å². The second kappa shape index (κ2) is 1.94. The molecule has 1 nitrogen and oxygen atoms in total. The molecule has 0 aromatic carbocycles. The van der Waals surface area contributed by atoms with Crippen LogP contribution in [0.5, 0.6) is 0 Å². The van der Waals surface area contributed by atoms with E-state index in [4.69, 9.17) is 0 Å². The van der Waals surface area contributed by atoms with Crippen molar-refractivity contribution in [1.82, 2.24) is 0 Å². The maximum atomic E-state index is 11.2. The first-order valence-corrected chi connectivity index (χ1v) is 4.00. The highest BCUT2D eigenvalue weighted by Crippen LogP contribution is 2.53. The fourth-order valence-electron chi connectivity index (χ4n) is 2.23. The third-order valence-corrected chi connectivity index (χ3v) is 2.83. The van der Waals surface area contributed by atoms with Gasteiger partial charge in [-0.05, 0) is 24.7 Å². The summed E-state index contributed by atoms with van der Waals surface area (Å²) in [5.41, 5.74) is 0. The highest BCUT2D eigenvalue weighted by Gasteiger charge is 2.53. The van der Waals surface area contributed by atoms with Gasteiger partial charge in [-0.1, -0.05) is 6.08 Å². The Morgan fingerprint density at radius 1 is 1.60 bits per heavy atom. The Hall–Kier alpha value is -0.590. The van der Waals surface area contributed by atoms with Crippen molar-refractivity contribution in [3.8, 4) is 0 Å². The van der Waals surface area contributed by atoms with Crippen molar-refractivity contribution in [3.63, 3.8) is 0 Å². The van der Waals surface area contributed by atoms with Crippen molar-refractivity contribution in [2.75, 3.05) is 0 Å². The molecule has 2 aliphatic carbocycles. The summed E-state index contributed by atoms with van der Waals surface area (Å²) < 4.78 is 0. The van der Waals surface area contributed by atoms with Gasteiger partial charge in [-0.25, -0.2) is 0 Å². The molecule has 1 heteroatoms. The molecule has 0 aromatic rings. The molecule has 2 aliphatic rings. The summed E-state index contributed by atoms with van der Waals surface area (Å²) >= 11 is 0. The Morgan fingerprint density at radius 2 is 2.40 bits per heavy atom. The Morgan fingerprint density at radius 3 is 3.00 bits per heavy atom.